The summed E-state index contributed by atoms with van der Waals surface area (Å²) >= 11 is 1.30. The van der Waals surface area contributed by atoms with E-state index in [1.54, 1.807) is 48.5 Å². The number of hydrogen-bond acceptors (Lipinski definition) is 8. The zero-order valence-corrected chi connectivity index (χ0v) is 22.5. The first-order valence-corrected chi connectivity index (χ1v) is 13.3. The van der Waals surface area contributed by atoms with Crippen LogP contribution in [0.5, 0.6) is 5.75 Å². The van der Waals surface area contributed by atoms with E-state index in [-0.39, 0.29) is 11.3 Å². The molecule has 1 aliphatic heterocycles. The molecular weight excluding hydrogens is 516 g/mol. The Bertz CT molecular complexity index is 1600. The number of benzene rings is 3. The average Bonchev–Trinajstić information content (AvgIpc) is 3.50. The lowest BCUT2D eigenvalue weighted by atomic mass is 9.94. The van der Waals surface area contributed by atoms with Crippen LogP contribution in [-0.4, -0.2) is 41.5 Å². The molecule has 0 aliphatic carbocycles. The molecule has 1 fully saturated rings. The first kappa shape index (κ1) is 26.1. The molecule has 4 aromatic rings. The van der Waals surface area contributed by atoms with Crippen molar-refractivity contribution in [2.24, 2.45) is 0 Å². The summed E-state index contributed by atoms with van der Waals surface area (Å²) in [6.45, 7) is 4.41. The van der Waals surface area contributed by atoms with Crippen LogP contribution >= 0.6 is 11.3 Å². The highest BCUT2D eigenvalue weighted by atomic mass is 32.1. The molecule has 5 rings (SSSR count). The minimum atomic E-state index is -0.963. The van der Waals surface area contributed by atoms with Gasteiger partial charge >= 0.3 is 11.9 Å². The van der Waals surface area contributed by atoms with Crippen molar-refractivity contribution in [2.75, 3.05) is 18.6 Å². The number of aryl methyl sites for hydroxylation is 1. The molecule has 0 unspecified atom stereocenters. The summed E-state index contributed by atoms with van der Waals surface area (Å²) in [5.74, 6) is -1.82. The number of Topliss-reactive ketones (excluding diaryl/α,β-unsaturated/α-hetero) is 1. The van der Waals surface area contributed by atoms with Crippen molar-refractivity contribution in [3.63, 3.8) is 0 Å². The fourth-order valence-electron chi connectivity index (χ4n) is 4.58. The van der Waals surface area contributed by atoms with Crippen LogP contribution in [0.3, 0.4) is 0 Å². The van der Waals surface area contributed by atoms with E-state index in [9.17, 15) is 19.5 Å². The number of aromatic nitrogens is 1. The third-order valence-electron chi connectivity index (χ3n) is 6.59. The molecule has 0 radical (unpaired) electrons. The van der Waals surface area contributed by atoms with Crippen LogP contribution in [0, 0.1) is 0 Å². The zero-order chi connectivity index (χ0) is 27.7. The lowest BCUT2D eigenvalue weighted by Crippen LogP contribution is -2.29. The van der Waals surface area contributed by atoms with E-state index in [4.69, 9.17) is 9.47 Å². The molecule has 1 amide bonds. The Balaban J connectivity index is 1.67. The fourth-order valence-corrected chi connectivity index (χ4v) is 5.63. The Morgan fingerprint density at radius 3 is 2.33 bits per heavy atom. The molecule has 1 atom stereocenters. The van der Waals surface area contributed by atoms with E-state index in [1.165, 1.54) is 23.3 Å². The van der Waals surface area contributed by atoms with Crippen molar-refractivity contribution >= 4 is 50.1 Å². The number of hydrogen-bond donors (Lipinski definition) is 1. The SMILES string of the molecule is CCOc1ccc(C(O)=C2C(=O)C(=O)N(c3nc4ccc(CC)cc4s3)[C@H]2c2ccc(C(=O)OC)cc2)cc1. The molecule has 2 heterocycles. The first-order chi connectivity index (χ1) is 18.9. The van der Waals surface area contributed by atoms with Crippen molar-refractivity contribution in [1.29, 1.82) is 0 Å². The second-order valence-corrected chi connectivity index (χ2v) is 9.90. The van der Waals surface area contributed by atoms with E-state index >= 15 is 0 Å². The van der Waals surface area contributed by atoms with E-state index in [0.29, 0.717) is 39.7 Å². The number of aliphatic hydroxyl groups is 1. The second-order valence-electron chi connectivity index (χ2n) is 8.89. The number of esters is 1. The third-order valence-corrected chi connectivity index (χ3v) is 7.60. The molecule has 1 aliphatic rings. The van der Waals surface area contributed by atoms with E-state index in [1.807, 2.05) is 25.1 Å². The minimum absolute atomic E-state index is 0.0662. The topological polar surface area (TPSA) is 106 Å². The highest BCUT2D eigenvalue weighted by molar-refractivity contribution is 7.22. The van der Waals surface area contributed by atoms with Crippen molar-refractivity contribution in [1.82, 2.24) is 4.98 Å². The minimum Gasteiger partial charge on any atom is -0.507 e. The standard InChI is InChI=1S/C30H26N2O6S/c1-4-17-6-15-22-23(16-17)39-30(31-22)32-25(18-7-9-20(10-8-18)29(36)37-3)24(27(34)28(32)35)26(33)19-11-13-21(14-12-19)38-5-2/h6-16,25,33H,4-5H2,1-3H3/t25-/m0/s1. The Labute approximate surface area is 229 Å². The number of fused-ring (bicyclic) bond motifs is 1. The molecule has 9 heteroatoms. The maximum absolute atomic E-state index is 13.5. The second kappa shape index (κ2) is 10.7. The number of amides is 1. The summed E-state index contributed by atoms with van der Waals surface area (Å²) in [4.78, 5) is 45.0. The normalized spacial score (nSPS) is 16.6. The summed E-state index contributed by atoms with van der Waals surface area (Å²) in [6.07, 6.45) is 0.850. The number of carbonyl (C=O) groups is 3. The van der Waals surface area contributed by atoms with Gasteiger partial charge in [-0.2, -0.15) is 0 Å². The van der Waals surface area contributed by atoms with Gasteiger partial charge in [-0.15, -0.1) is 0 Å². The Morgan fingerprint density at radius 1 is 1.00 bits per heavy atom. The van der Waals surface area contributed by atoms with Gasteiger partial charge < -0.3 is 14.6 Å². The van der Waals surface area contributed by atoms with E-state index < -0.39 is 23.7 Å². The van der Waals surface area contributed by atoms with Crippen LogP contribution in [-0.2, 0) is 20.7 Å². The number of carbonyl (C=O) groups excluding carboxylic acids is 3. The number of ether oxygens (including phenoxy) is 2. The summed E-state index contributed by atoms with van der Waals surface area (Å²) in [6, 6.07) is 18.0. The first-order valence-electron chi connectivity index (χ1n) is 12.5. The van der Waals surface area contributed by atoms with Gasteiger partial charge in [-0.25, -0.2) is 9.78 Å². The molecule has 8 nitrogen and oxygen atoms in total. The van der Waals surface area contributed by atoms with E-state index in [2.05, 4.69) is 11.9 Å². The van der Waals surface area contributed by atoms with Crippen molar-refractivity contribution in [3.05, 3.63) is 94.6 Å². The molecule has 1 saturated heterocycles. The van der Waals surface area contributed by atoms with Crippen LogP contribution in [0.1, 0.15) is 46.9 Å². The lowest BCUT2D eigenvalue weighted by molar-refractivity contribution is -0.132. The van der Waals surface area contributed by atoms with Gasteiger partial charge in [0.2, 0.25) is 0 Å². The van der Waals surface area contributed by atoms with Gasteiger partial charge in [-0.05, 0) is 73.0 Å². The molecular formula is C30H26N2O6S. The predicted molar refractivity (Wildman–Crippen MR) is 149 cm³/mol. The molecule has 1 aromatic heterocycles. The van der Waals surface area contributed by atoms with Gasteiger partial charge in [0.25, 0.3) is 5.78 Å². The fraction of sp³-hybridized carbons (Fsp3) is 0.200. The van der Waals surface area contributed by atoms with Crippen LogP contribution in [0.15, 0.2) is 72.3 Å². The maximum atomic E-state index is 13.5. The largest absolute Gasteiger partial charge is 0.507 e. The number of anilines is 1. The van der Waals surface area contributed by atoms with Crippen molar-refractivity contribution in [3.8, 4) is 5.75 Å². The summed E-state index contributed by atoms with van der Waals surface area (Å²) in [5, 5.41) is 11.7. The van der Waals surface area contributed by atoms with Gasteiger partial charge in [0.15, 0.2) is 5.13 Å². The number of thiazole rings is 1. The van der Waals surface area contributed by atoms with Gasteiger partial charge in [0.1, 0.15) is 11.5 Å². The summed E-state index contributed by atoms with van der Waals surface area (Å²) in [7, 11) is 1.29. The highest BCUT2D eigenvalue weighted by Gasteiger charge is 2.48. The number of ketones is 1. The zero-order valence-electron chi connectivity index (χ0n) is 21.6. The van der Waals surface area contributed by atoms with Crippen molar-refractivity contribution in [2.45, 2.75) is 26.3 Å². The van der Waals surface area contributed by atoms with Crippen LogP contribution in [0.2, 0.25) is 0 Å². The quantitative estimate of drug-likeness (QED) is 0.139. The van der Waals surface area contributed by atoms with Gasteiger partial charge in [0.05, 0.1) is 41.1 Å². The number of methoxy groups -OCH3 is 1. The summed E-state index contributed by atoms with van der Waals surface area (Å²) < 4.78 is 11.2. The molecule has 1 N–H and O–H groups in total. The number of nitrogens with zero attached hydrogens (tertiary/aromatic N) is 2. The Morgan fingerprint density at radius 2 is 1.69 bits per heavy atom. The molecule has 0 spiro atoms. The molecule has 198 valence electrons. The molecule has 39 heavy (non-hydrogen) atoms. The van der Waals surface area contributed by atoms with Gasteiger partial charge in [-0.1, -0.05) is 36.5 Å². The van der Waals surface area contributed by atoms with Crippen LogP contribution in [0.25, 0.3) is 16.0 Å². The third kappa shape index (κ3) is 4.77. The lowest BCUT2D eigenvalue weighted by Gasteiger charge is -2.23. The smallest absolute Gasteiger partial charge is 0.337 e. The summed E-state index contributed by atoms with van der Waals surface area (Å²) in [5.41, 5.74) is 2.98. The molecule has 3 aromatic carbocycles. The molecule has 0 saturated carbocycles. The van der Waals surface area contributed by atoms with Gasteiger partial charge in [0, 0.05) is 5.56 Å². The maximum Gasteiger partial charge on any atom is 0.337 e. The van der Waals surface area contributed by atoms with Gasteiger partial charge in [-0.3, -0.25) is 14.5 Å². The van der Waals surface area contributed by atoms with Crippen LogP contribution < -0.4 is 9.64 Å². The average molecular weight is 543 g/mol. The van der Waals surface area contributed by atoms with E-state index in [0.717, 1.165) is 16.7 Å². The predicted octanol–water partition coefficient (Wildman–Crippen LogP) is 5.67. The van der Waals surface area contributed by atoms with Crippen LogP contribution in [0.4, 0.5) is 5.13 Å². The highest BCUT2D eigenvalue weighted by Crippen LogP contribution is 2.44. The monoisotopic (exact) mass is 542 g/mol. The Kier molecular flexibility index (Phi) is 7.17. The number of rotatable bonds is 7. The number of aliphatic hydroxyl groups excluding tert-OH is 1. The van der Waals surface area contributed by atoms with Crippen molar-refractivity contribution < 1.29 is 29.0 Å². The molecule has 0 bridgehead atoms. The Hall–Kier alpha value is -4.50.